The molecule has 0 saturated carbocycles. The molecule has 4 heavy (non-hydrogen) atoms. The first kappa shape index (κ1) is 8.83. The van der Waals surface area contributed by atoms with Gasteiger partial charge in [-0.15, -0.1) is 0 Å². The predicted octanol–water partition coefficient (Wildman–Crippen LogP) is -1.58. The van der Waals surface area contributed by atoms with E-state index in [1.807, 2.05) is 0 Å². The van der Waals surface area contributed by atoms with Gasteiger partial charge in [-0.1, -0.05) is 20.3 Å². The van der Waals surface area contributed by atoms with E-state index in [-0.39, 0.29) is 24.0 Å². The second-order valence-electron chi connectivity index (χ2n) is 0.707. The molecule has 0 amide bonds. The van der Waals surface area contributed by atoms with Gasteiger partial charge >= 0.3 is 0 Å². The molecule has 0 aliphatic heterocycles. The Morgan fingerprint density at radius 2 is 1.25 bits per heavy atom. The second kappa shape index (κ2) is 9.29. The van der Waals surface area contributed by atoms with Crippen LogP contribution in [0.15, 0.2) is 0 Å². The minimum Gasteiger partial charge on any atom is -1.00 e. The summed E-state index contributed by atoms with van der Waals surface area (Å²) in [5.41, 5.74) is 0. The SMILES string of the molecule is CCC.[I-]. The van der Waals surface area contributed by atoms with Crippen LogP contribution in [0.5, 0.6) is 0 Å². The summed E-state index contributed by atoms with van der Waals surface area (Å²) >= 11 is 0. The van der Waals surface area contributed by atoms with Gasteiger partial charge < -0.3 is 24.0 Å². The Balaban J connectivity index is 0. The molecule has 0 rings (SSSR count). The van der Waals surface area contributed by atoms with Crippen LogP contribution >= 0.6 is 0 Å². The van der Waals surface area contributed by atoms with Crippen LogP contribution in [-0.2, 0) is 0 Å². The lowest BCUT2D eigenvalue weighted by molar-refractivity contribution is -0.000000822. The zero-order valence-electron chi connectivity index (χ0n) is 3.09. The van der Waals surface area contributed by atoms with E-state index in [4.69, 9.17) is 0 Å². The Labute approximate surface area is 44.6 Å². The van der Waals surface area contributed by atoms with Crippen molar-refractivity contribution in [3.05, 3.63) is 0 Å². The van der Waals surface area contributed by atoms with E-state index in [1.54, 1.807) is 0 Å². The summed E-state index contributed by atoms with van der Waals surface area (Å²) in [7, 11) is 0. The van der Waals surface area contributed by atoms with E-state index in [0.717, 1.165) is 0 Å². The second-order valence-corrected chi connectivity index (χ2v) is 0.707. The van der Waals surface area contributed by atoms with Crippen LogP contribution in [0.4, 0.5) is 0 Å². The first-order valence-corrected chi connectivity index (χ1v) is 1.41. The molecule has 0 aliphatic rings. The molecule has 1 heteroatoms. The minimum absolute atomic E-state index is 0. The number of hydrogen-bond acceptors (Lipinski definition) is 0. The molecular weight excluding hydrogens is 163 g/mol. The Hall–Kier alpha value is 0.730. The van der Waals surface area contributed by atoms with Gasteiger partial charge in [-0.3, -0.25) is 0 Å². The van der Waals surface area contributed by atoms with Gasteiger partial charge in [-0.05, 0) is 0 Å². The zero-order valence-corrected chi connectivity index (χ0v) is 5.24. The molecule has 0 nitrogen and oxygen atoms in total. The molecule has 0 spiro atoms. The highest BCUT2D eigenvalue weighted by atomic mass is 127. The summed E-state index contributed by atoms with van der Waals surface area (Å²) in [5, 5.41) is 0. The molecule has 0 unspecified atom stereocenters. The van der Waals surface area contributed by atoms with Gasteiger partial charge in [0.15, 0.2) is 0 Å². The van der Waals surface area contributed by atoms with Gasteiger partial charge in [0.2, 0.25) is 0 Å². The molecule has 0 atom stereocenters. The Morgan fingerprint density at radius 1 is 1.25 bits per heavy atom. The standard InChI is InChI=1S/C3H8.HI/c1-3-2;/h3H2,1-2H3;1H/p-1. The van der Waals surface area contributed by atoms with Crippen molar-refractivity contribution in [2.75, 3.05) is 0 Å². The molecule has 0 radical (unpaired) electrons. The normalized spacial score (nSPS) is 4.50. The smallest absolute Gasteiger partial charge is 0.0590 e. The molecule has 0 N–H and O–H groups in total. The van der Waals surface area contributed by atoms with E-state index in [2.05, 4.69) is 13.8 Å². The number of rotatable bonds is 0. The third kappa shape index (κ3) is 15.3. The summed E-state index contributed by atoms with van der Waals surface area (Å²) in [4.78, 5) is 0. The lowest BCUT2D eigenvalue weighted by Gasteiger charge is -1.48. The highest BCUT2D eigenvalue weighted by molar-refractivity contribution is 3.92. The number of hydrogen-bond donors (Lipinski definition) is 0. The van der Waals surface area contributed by atoms with Crippen molar-refractivity contribution >= 4 is 0 Å². The van der Waals surface area contributed by atoms with Crippen molar-refractivity contribution in [1.82, 2.24) is 0 Å². The van der Waals surface area contributed by atoms with Gasteiger partial charge in [0.1, 0.15) is 0 Å². The van der Waals surface area contributed by atoms with E-state index < -0.39 is 0 Å². The van der Waals surface area contributed by atoms with Crippen LogP contribution in [-0.4, -0.2) is 0 Å². The van der Waals surface area contributed by atoms with E-state index in [9.17, 15) is 0 Å². The lowest BCUT2D eigenvalue weighted by Crippen LogP contribution is -3.00. The average Bonchev–Trinajstić information content (AvgIpc) is 0.918. The van der Waals surface area contributed by atoms with E-state index in [0.29, 0.717) is 0 Å². The van der Waals surface area contributed by atoms with Crippen molar-refractivity contribution in [3.8, 4) is 0 Å². The largest absolute Gasteiger partial charge is 1.00 e. The summed E-state index contributed by atoms with van der Waals surface area (Å²) in [6, 6.07) is 0. The molecule has 28 valence electrons. The summed E-state index contributed by atoms with van der Waals surface area (Å²) in [5.74, 6) is 0. The van der Waals surface area contributed by atoms with Crippen molar-refractivity contribution < 1.29 is 24.0 Å². The Morgan fingerprint density at radius 3 is 1.25 bits per heavy atom. The zero-order chi connectivity index (χ0) is 2.71. The van der Waals surface area contributed by atoms with Gasteiger partial charge in [-0.2, -0.15) is 0 Å². The summed E-state index contributed by atoms with van der Waals surface area (Å²) in [6.07, 6.45) is 1.25. The Bertz CT molecular complexity index is 3.25. The molecule has 0 heterocycles. The van der Waals surface area contributed by atoms with Crippen molar-refractivity contribution in [2.24, 2.45) is 0 Å². The van der Waals surface area contributed by atoms with Gasteiger partial charge in [0.05, 0.1) is 0 Å². The highest BCUT2D eigenvalue weighted by Gasteiger charge is 1.35. The van der Waals surface area contributed by atoms with Crippen molar-refractivity contribution in [1.29, 1.82) is 0 Å². The maximum Gasteiger partial charge on any atom is -0.0590 e. The fourth-order valence-electron chi connectivity index (χ4n) is 0. The molecule has 0 bridgehead atoms. The highest BCUT2D eigenvalue weighted by Crippen LogP contribution is 1.56. The quantitative estimate of drug-likeness (QED) is 0.386. The lowest BCUT2D eigenvalue weighted by atomic mass is 10.6. The third-order valence-corrected chi connectivity index (χ3v) is 0. The topological polar surface area (TPSA) is 0 Å². The predicted molar refractivity (Wildman–Crippen MR) is 16.0 cm³/mol. The first-order chi connectivity index (χ1) is 1.41. The van der Waals surface area contributed by atoms with E-state index >= 15 is 0 Å². The summed E-state index contributed by atoms with van der Waals surface area (Å²) in [6.45, 7) is 4.25. The molecule has 0 aromatic heterocycles. The monoisotopic (exact) mass is 171 g/mol. The third-order valence-electron chi connectivity index (χ3n) is 0. The maximum atomic E-state index is 2.12. The number of halogens is 1. The Kier molecular flexibility index (Phi) is 20.5. The summed E-state index contributed by atoms with van der Waals surface area (Å²) < 4.78 is 0. The van der Waals surface area contributed by atoms with E-state index in [1.165, 1.54) is 6.42 Å². The first-order valence-electron chi connectivity index (χ1n) is 1.41. The molecule has 0 aliphatic carbocycles. The fourth-order valence-corrected chi connectivity index (χ4v) is 0. The van der Waals surface area contributed by atoms with Gasteiger partial charge in [0.25, 0.3) is 0 Å². The van der Waals surface area contributed by atoms with Crippen LogP contribution in [0.25, 0.3) is 0 Å². The molecule has 0 saturated heterocycles. The molecule has 0 fully saturated rings. The van der Waals surface area contributed by atoms with Gasteiger partial charge in [-0.25, -0.2) is 0 Å². The van der Waals surface area contributed by atoms with Crippen LogP contribution in [0.1, 0.15) is 20.3 Å². The molecule has 0 aromatic carbocycles. The molecular formula is C3H8I-. The van der Waals surface area contributed by atoms with Crippen LogP contribution < -0.4 is 24.0 Å². The van der Waals surface area contributed by atoms with Crippen molar-refractivity contribution in [2.45, 2.75) is 20.3 Å². The fraction of sp³-hybridized carbons (Fsp3) is 1.00. The average molecular weight is 171 g/mol. The van der Waals surface area contributed by atoms with Gasteiger partial charge in [0, 0.05) is 0 Å². The molecule has 0 aromatic rings. The van der Waals surface area contributed by atoms with Crippen LogP contribution in [0.3, 0.4) is 0 Å². The van der Waals surface area contributed by atoms with Crippen LogP contribution in [0.2, 0.25) is 0 Å². The van der Waals surface area contributed by atoms with Crippen molar-refractivity contribution in [3.63, 3.8) is 0 Å². The minimum atomic E-state index is 0. The van der Waals surface area contributed by atoms with Crippen LogP contribution in [0, 0.1) is 0 Å². The maximum absolute atomic E-state index is 2.12.